The highest BCUT2D eigenvalue weighted by Crippen LogP contribution is 2.16. The summed E-state index contributed by atoms with van der Waals surface area (Å²) in [6.45, 7) is 3.47. The third-order valence-corrected chi connectivity index (χ3v) is 4.87. The van der Waals surface area contributed by atoms with Crippen LogP contribution in [-0.4, -0.2) is 42.1 Å². The van der Waals surface area contributed by atoms with E-state index in [2.05, 4.69) is 10.5 Å². The lowest BCUT2D eigenvalue weighted by Crippen LogP contribution is -2.32. The molecule has 0 unspecified atom stereocenters. The van der Waals surface area contributed by atoms with E-state index in [1.165, 1.54) is 0 Å². The highest BCUT2D eigenvalue weighted by atomic mass is 35.5. The highest BCUT2D eigenvalue weighted by molar-refractivity contribution is 6.33. The second-order valence-corrected chi connectivity index (χ2v) is 6.93. The lowest BCUT2D eigenvalue weighted by molar-refractivity contribution is -0.132. The van der Waals surface area contributed by atoms with Crippen molar-refractivity contribution in [2.24, 2.45) is 5.10 Å². The number of hydrazone groups is 1. The Morgan fingerprint density at radius 1 is 1.11 bits per heavy atom. The fraction of sp³-hybridized carbons (Fsp3) is 0.286. The molecular formula is C21H22ClN3O3. The van der Waals surface area contributed by atoms with Gasteiger partial charge in [0.05, 0.1) is 16.3 Å². The number of carbonyl (C=O) groups is 2. The zero-order valence-electron chi connectivity index (χ0n) is 15.7. The highest BCUT2D eigenvalue weighted by Gasteiger charge is 2.18. The predicted octanol–water partition coefficient (Wildman–Crippen LogP) is 3.50. The van der Waals surface area contributed by atoms with Crippen LogP contribution in [0.25, 0.3) is 0 Å². The molecule has 7 heteroatoms. The lowest BCUT2D eigenvalue weighted by atomic mass is 10.1. The van der Waals surface area contributed by atoms with Crippen LogP contribution in [0.5, 0.6) is 5.75 Å². The van der Waals surface area contributed by atoms with Crippen molar-refractivity contribution in [3.05, 3.63) is 64.7 Å². The first-order chi connectivity index (χ1) is 13.5. The minimum Gasteiger partial charge on any atom is -0.484 e. The van der Waals surface area contributed by atoms with Gasteiger partial charge in [0.25, 0.3) is 11.8 Å². The quantitative estimate of drug-likeness (QED) is 0.597. The van der Waals surface area contributed by atoms with Crippen LogP contribution in [0.4, 0.5) is 0 Å². The van der Waals surface area contributed by atoms with Gasteiger partial charge < -0.3 is 9.64 Å². The van der Waals surface area contributed by atoms with Gasteiger partial charge in [0.2, 0.25) is 0 Å². The van der Waals surface area contributed by atoms with E-state index < -0.39 is 0 Å². The maximum atomic E-state index is 12.2. The Hall–Kier alpha value is -2.86. The lowest BCUT2D eigenvalue weighted by Gasteiger charge is -2.15. The fourth-order valence-corrected chi connectivity index (χ4v) is 3.12. The van der Waals surface area contributed by atoms with Gasteiger partial charge in [-0.2, -0.15) is 5.10 Å². The fourth-order valence-electron chi connectivity index (χ4n) is 2.90. The number of rotatable bonds is 6. The van der Waals surface area contributed by atoms with Crippen molar-refractivity contribution >= 4 is 29.1 Å². The normalized spacial score (nSPS) is 14.1. The molecule has 0 radical (unpaired) electrons. The Kier molecular flexibility index (Phi) is 6.66. The average Bonchev–Trinajstić information content (AvgIpc) is 3.26. The number of hydrogen-bond acceptors (Lipinski definition) is 4. The van der Waals surface area contributed by atoms with E-state index in [1.54, 1.807) is 43.3 Å². The number of likely N-dealkylation sites (tertiary alicyclic amines) is 1. The summed E-state index contributed by atoms with van der Waals surface area (Å²) in [5, 5.41) is 4.50. The Morgan fingerprint density at radius 2 is 1.79 bits per heavy atom. The molecule has 1 N–H and O–H groups in total. The summed E-state index contributed by atoms with van der Waals surface area (Å²) in [5.74, 6) is 0.260. The Balaban J connectivity index is 1.54. The van der Waals surface area contributed by atoms with Crippen LogP contribution in [0.2, 0.25) is 5.02 Å². The molecule has 6 nitrogen and oxygen atoms in total. The van der Waals surface area contributed by atoms with Crippen molar-refractivity contribution in [2.75, 3.05) is 19.7 Å². The number of amides is 2. The molecule has 2 aromatic carbocycles. The van der Waals surface area contributed by atoms with Gasteiger partial charge in [-0.05, 0) is 61.7 Å². The Labute approximate surface area is 169 Å². The molecule has 0 aliphatic carbocycles. The molecule has 1 heterocycles. The smallest absolute Gasteiger partial charge is 0.272 e. The van der Waals surface area contributed by atoms with E-state index >= 15 is 0 Å². The van der Waals surface area contributed by atoms with Gasteiger partial charge in [0.1, 0.15) is 5.75 Å². The van der Waals surface area contributed by atoms with Crippen molar-refractivity contribution in [3.8, 4) is 5.75 Å². The minimum atomic E-state index is -0.370. The molecule has 2 amide bonds. The van der Waals surface area contributed by atoms with E-state index in [0.717, 1.165) is 31.5 Å². The summed E-state index contributed by atoms with van der Waals surface area (Å²) in [4.78, 5) is 26.0. The van der Waals surface area contributed by atoms with Gasteiger partial charge in [-0.3, -0.25) is 9.59 Å². The number of ether oxygens (including phenoxy) is 1. The third-order valence-electron chi connectivity index (χ3n) is 4.54. The molecule has 1 fully saturated rings. The van der Waals surface area contributed by atoms with Crippen LogP contribution >= 0.6 is 11.6 Å². The second kappa shape index (κ2) is 9.37. The van der Waals surface area contributed by atoms with Crippen molar-refractivity contribution in [3.63, 3.8) is 0 Å². The van der Waals surface area contributed by atoms with Gasteiger partial charge in [0, 0.05) is 13.1 Å². The van der Waals surface area contributed by atoms with Gasteiger partial charge in [-0.15, -0.1) is 0 Å². The van der Waals surface area contributed by atoms with Crippen molar-refractivity contribution < 1.29 is 14.3 Å². The molecule has 146 valence electrons. The Bertz CT molecular complexity index is 875. The van der Waals surface area contributed by atoms with Crippen LogP contribution in [0.1, 0.15) is 35.7 Å². The monoisotopic (exact) mass is 399 g/mol. The number of benzene rings is 2. The molecule has 28 heavy (non-hydrogen) atoms. The first-order valence-electron chi connectivity index (χ1n) is 9.15. The molecule has 2 aromatic rings. The zero-order valence-corrected chi connectivity index (χ0v) is 16.4. The van der Waals surface area contributed by atoms with Crippen LogP contribution in [0.15, 0.2) is 53.6 Å². The summed E-state index contributed by atoms with van der Waals surface area (Å²) in [6.07, 6.45) is 2.12. The first kappa shape index (κ1) is 19.9. The molecular weight excluding hydrogens is 378 g/mol. The van der Waals surface area contributed by atoms with Gasteiger partial charge in [-0.1, -0.05) is 23.7 Å². The van der Waals surface area contributed by atoms with Crippen LogP contribution in [0.3, 0.4) is 0 Å². The van der Waals surface area contributed by atoms with Crippen LogP contribution in [-0.2, 0) is 4.79 Å². The summed E-state index contributed by atoms with van der Waals surface area (Å²) < 4.78 is 5.57. The molecule has 0 saturated carbocycles. The summed E-state index contributed by atoms with van der Waals surface area (Å²) in [7, 11) is 0. The molecule has 1 saturated heterocycles. The maximum Gasteiger partial charge on any atom is 0.272 e. The summed E-state index contributed by atoms with van der Waals surface area (Å²) in [5.41, 5.74) is 4.35. The topological polar surface area (TPSA) is 71.0 Å². The van der Waals surface area contributed by atoms with Crippen molar-refractivity contribution in [2.45, 2.75) is 19.8 Å². The zero-order chi connectivity index (χ0) is 19.9. The van der Waals surface area contributed by atoms with Crippen molar-refractivity contribution in [1.82, 2.24) is 10.3 Å². The van der Waals surface area contributed by atoms with Crippen LogP contribution in [0, 0.1) is 0 Å². The SMILES string of the molecule is C/C(=N/NC(=O)c1ccccc1Cl)c1ccc(OCC(=O)N2CCCC2)cc1. The van der Waals surface area contributed by atoms with Gasteiger partial charge in [0.15, 0.2) is 6.61 Å². The molecule has 3 rings (SSSR count). The number of hydrogen-bond donors (Lipinski definition) is 1. The molecule has 0 atom stereocenters. The second-order valence-electron chi connectivity index (χ2n) is 6.52. The summed E-state index contributed by atoms with van der Waals surface area (Å²) in [6, 6.07) is 14.0. The molecule has 0 spiro atoms. The number of nitrogens with one attached hydrogen (secondary N) is 1. The maximum absolute atomic E-state index is 12.2. The van der Waals surface area contributed by atoms with Gasteiger partial charge in [-0.25, -0.2) is 5.43 Å². The minimum absolute atomic E-state index is 0.0154. The number of carbonyl (C=O) groups excluding carboxylic acids is 2. The largest absolute Gasteiger partial charge is 0.484 e. The average molecular weight is 400 g/mol. The molecule has 0 aromatic heterocycles. The van der Waals surface area contributed by atoms with E-state index in [9.17, 15) is 9.59 Å². The molecule has 1 aliphatic heterocycles. The van der Waals surface area contributed by atoms with E-state index in [4.69, 9.17) is 16.3 Å². The molecule has 1 aliphatic rings. The number of nitrogens with zero attached hydrogens (tertiary/aromatic N) is 2. The van der Waals surface area contributed by atoms with E-state index in [-0.39, 0.29) is 18.4 Å². The Morgan fingerprint density at radius 3 is 2.46 bits per heavy atom. The standard InChI is InChI=1S/C21H22ClN3O3/c1-15(23-24-21(27)18-6-2-3-7-19(18)22)16-8-10-17(11-9-16)28-14-20(26)25-12-4-5-13-25/h2-3,6-11H,4-5,12-14H2,1H3,(H,24,27)/b23-15-. The number of halogens is 1. The van der Waals surface area contributed by atoms with Crippen molar-refractivity contribution in [1.29, 1.82) is 0 Å². The predicted molar refractivity (Wildman–Crippen MR) is 109 cm³/mol. The van der Waals surface area contributed by atoms with E-state index in [1.807, 2.05) is 17.0 Å². The summed E-state index contributed by atoms with van der Waals surface area (Å²) >= 11 is 6.01. The van der Waals surface area contributed by atoms with Crippen LogP contribution < -0.4 is 10.2 Å². The molecule has 0 bridgehead atoms. The van der Waals surface area contributed by atoms with E-state index in [0.29, 0.717) is 22.0 Å². The van der Waals surface area contributed by atoms with Gasteiger partial charge >= 0.3 is 0 Å². The first-order valence-corrected chi connectivity index (χ1v) is 9.52. The third kappa shape index (κ3) is 5.10.